The molecule has 2 aromatic heterocycles. The summed E-state index contributed by atoms with van der Waals surface area (Å²) in [5.41, 5.74) is 3.49. The molecule has 1 spiro atoms. The summed E-state index contributed by atoms with van der Waals surface area (Å²) >= 11 is 1.38. The Morgan fingerprint density at radius 3 is 2.62 bits per heavy atom. The monoisotopic (exact) mass is 407 g/mol. The number of rotatable bonds is 4. The first-order valence-electron chi connectivity index (χ1n) is 9.73. The summed E-state index contributed by atoms with van der Waals surface area (Å²) in [5.74, 6) is 0.175. The predicted octanol–water partition coefficient (Wildman–Crippen LogP) is 3.21. The van der Waals surface area contributed by atoms with Gasteiger partial charge in [0.05, 0.1) is 17.4 Å². The van der Waals surface area contributed by atoms with Gasteiger partial charge in [0.25, 0.3) is 5.91 Å². The van der Waals surface area contributed by atoms with Crippen LogP contribution in [0.1, 0.15) is 28.9 Å². The fourth-order valence-corrected chi connectivity index (χ4v) is 4.84. The minimum absolute atomic E-state index is 0.0361. The zero-order valence-electron chi connectivity index (χ0n) is 15.8. The highest BCUT2D eigenvalue weighted by Crippen LogP contribution is 2.59. The normalized spacial score (nSPS) is 19.9. The maximum Gasteiger partial charge on any atom is 0.265 e. The Balaban J connectivity index is 1.16. The highest BCUT2D eigenvalue weighted by atomic mass is 32.1. The fourth-order valence-electron chi connectivity index (χ4n) is 4.25. The van der Waals surface area contributed by atoms with Gasteiger partial charge in [-0.15, -0.1) is 11.3 Å². The van der Waals surface area contributed by atoms with Crippen LogP contribution in [0.2, 0.25) is 0 Å². The smallest absolute Gasteiger partial charge is 0.265 e. The molecule has 2 aliphatic rings. The fraction of sp³-hybridized carbons (Fsp3) is 0.333. The lowest BCUT2D eigenvalue weighted by molar-refractivity contribution is -0.118. The van der Waals surface area contributed by atoms with Gasteiger partial charge >= 0.3 is 0 Å². The second kappa shape index (κ2) is 7.11. The molecule has 1 aromatic carbocycles. The predicted molar refractivity (Wildman–Crippen MR) is 110 cm³/mol. The summed E-state index contributed by atoms with van der Waals surface area (Å²) in [6.45, 7) is 1.41. The number of amides is 2. The van der Waals surface area contributed by atoms with Crippen LogP contribution >= 0.6 is 11.3 Å². The standard InChI is InChI=1S/C21H21N5O2S/c27-19(24-15-2-4-16(5-3-15)26-9-1-8-23-26)17-12-21(17)6-10-25(11-7-21)20(28)18-13-22-14-29-18/h1-5,8-9,13-14,17H,6-7,10-12H2,(H,24,27). The average molecular weight is 407 g/mol. The third-order valence-electron chi connectivity index (χ3n) is 6.10. The quantitative estimate of drug-likeness (QED) is 0.720. The molecule has 29 heavy (non-hydrogen) atoms. The van der Waals surface area contributed by atoms with E-state index in [0.29, 0.717) is 18.0 Å². The number of thiazole rings is 1. The van der Waals surface area contributed by atoms with Crippen molar-refractivity contribution in [3.05, 3.63) is 59.3 Å². The Hall–Kier alpha value is -3.00. The van der Waals surface area contributed by atoms with Crippen LogP contribution in [0.3, 0.4) is 0 Å². The molecule has 1 saturated carbocycles. The van der Waals surface area contributed by atoms with Gasteiger partial charge in [-0.3, -0.25) is 14.6 Å². The molecule has 2 fully saturated rings. The molecule has 3 aromatic rings. The van der Waals surface area contributed by atoms with E-state index < -0.39 is 0 Å². The Morgan fingerprint density at radius 2 is 1.97 bits per heavy atom. The van der Waals surface area contributed by atoms with Gasteiger partial charge < -0.3 is 10.2 Å². The van der Waals surface area contributed by atoms with E-state index in [2.05, 4.69) is 15.4 Å². The number of nitrogens with one attached hydrogen (secondary N) is 1. The summed E-state index contributed by atoms with van der Waals surface area (Å²) in [7, 11) is 0. The minimum atomic E-state index is 0.0361. The van der Waals surface area contributed by atoms with Gasteiger partial charge in [0.1, 0.15) is 4.88 Å². The van der Waals surface area contributed by atoms with Crippen LogP contribution in [0.15, 0.2) is 54.4 Å². The van der Waals surface area contributed by atoms with Gasteiger partial charge in [-0.05, 0) is 55.0 Å². The van der Waals surface area contributed by atoms with E-state index >= 15 is 0 Å². The van der Waals surface area contributed by atoms with Crippen LogP contribution in [-0.4, -0.2) is 44.6 Å². The third kappa shape index (κ3) is 3.44. The second-order valence-electron chi connectivity index (χ2n) is 7.76. The van der Waals surface area contributed by atoms with Gasteiger partial charge in [0, 0.05) is 37.1 Å². The number of anilines is 1. The van der Waals surface area contributed by atoms with Crippen molar-refractivity contribution in [1.29, 1.82) is 0 Å². The van der Waals surface area contributed by atoms with Crippen molar-refractivity contribution >= 4 is 28.8 Å². The molecule has 2 amide bonds. The lowest BCUT2D eigenvalue weighted by Crippen LogP contribution is -2.40. The number of benzene rings is 1. The van der Waals surface area contributed by atoms with Gasteiger partial charge in [-0.2, -0.15) is 5.10 Å². The maximum absolute atomic E-state index is 12.7. The van der Waals surface area contributed by atoms with Crippen molar-refractivity contribution in [2.24, 2.45) is 11.3 Å². The van der Waals surface area contributed by atoms with Crippen LogP contribution in [0, 0.1) is 11.3 Å². The number of aromatic nitrogens is 3. The zero-order chi connectivity index (χ0) is 19.8. The molecule has 148 valence electrons. The van der Waals surface area contributed by atoms with Crippen LogP contribution in [0.4, 0.5) is 5.69 Å². The van der Waals surface area contributed by atoms with E-state index in [1.165, 1.54) is 11.3 Å². The summed E-state index contributed by atoms with van der Waals surface area (Å²) in [6.07, 6.45) is 7.92. The van der Waals surface area contributed by atoms with Crippen molar-refractivity contribution in [3.8, 4) is 5.69 Å². The molecule has 1 atom stereocenters. The SMILES string of the molecule is O=C(Nc1ccc(-n2cccn2)cc1)C1CC12CCN(C(=O)c1cncs1)CC2. The van der Waals surface area contributed by atoms with Gasteiger partial charge in [-0.1, -0.05) is 0 Å². The van der Waals surface area contributed by atoms with Crippen LogP contribution < -0.4 is 5.32 Å². The largest absolute Gasteiger partial charge is 0.338 e. The lowest BCUT2D eigenvalue weighted by Gasteiger charge is -2.32. The Morgan fingerprint density at radius 1 is 1.17 bits per heavy atom. The number of piperidine rings is 1. The molecule has 1 saturated heterocycles. The first-order chi connectivity index (χ1) is 14.1. The van der Waals surface area contributed by atoms with Crippen molar-refractivity contribution in [2.75, 3.05) is 18.4 Å². The van der Waals surface area contributed by atoms with E-state index in [1.54, 1.807) is 22.6 Å². The molecule has 1 unspecified atom stereocenters. The van der Waals surface area contributed by atoms with Gasteiger partial charge in [0.2, 0.25) is 5.91 Å². The van der Waals surface area contributed by atoms with Gasteiger partial charge in [-0.25, -0.2) is 4.68 Å². The molecule has 5 rings (SSSR count). The summed E-state index contributed by atoms with van der Waals surface area (Å²) in [4.78, 5) is 31.8. The summed E-state index contributed by atoms with van der Waals surface area (Å²) in [5, 5.41) is 7.25. The highest BCUT2D eigenvalue weighted by molar-refractivity contribution is 7.11. The average Bonchev–Trinajstić information content (AvgIpc) is 3.19. The topological polar surface area (TPSA) is 80.1 Å². The highest BCUT2D eigenvalue weighted by Gasteiger charge is 2.58. The van der Waals surface area contributed by atoms with E-state index in [1.807, 2.05) is 41.4 Å². The second-order valence-corrected chi connectivity index (χ2v) is 8.65. The van der Waals surface area contributed by atoms with E-state index in [4.69, 9.17) is 0 Å². The van der Waals surface area contributed by atoms with Crippen LogP contribution in [0.5, 0.6) is 0 Å². The molecule has 1 aliphatic heterocycles. The Labute approximate surface area is 172 Å². The molecule has 3 heterocycles. The number of likely N-dealkylation sites (tertiary alicyclic amines) is 1. The maximum atomic E-state index is 12.7. The minimum Gasteiger partial charge on any atom is -0.338 e. The molecule has 0 bridgehead atoms. The van der Waals surface area contributed by atoms with E-state index in [0.717, 1.165) is 30.6 Å². The van der Waals surface area contributed by atoms with Crippen molar-refractivity contribution < 1.29 is 9.59 Å². The first kappa shape index (κ1) is 18.1. The molecular weight excluding hydrogens is 386 g/mol. The molecular formula is C21H21N5O2S. The zero-order valence-corrected chi connectivity index (χ0v) is 16.6. The summed E-state index contributed by atoms with van der Waals surface area (Å²) < 4.78 is 1.78. The van der Waals surface area contributed by atoms with E-state index in [-0.39, 0.29) is 23.1 Å². The van der Waals surface area contributed by atoms with Crippen LogP contribution in [0.25, 0.3) is 5.69 Å². The number of carbonyl (C=O) groups is 2. The lowest BCUT2D eigenvalue weighted by atomic mass is 9.90. The summed E-state index contributed by atoms with van der Waals surface area (Å²) in [6, 6.07) is 9.56. The number of hydrogen-bond donors (Lipinski definition) is 1. The van der Waals surface area contributed by atoms with Crippen molar-refractivity contribution in [3.63, 3.8) is 0 Å². The Bertz CT molecular complexity index is 1010. The first-order valence-corrected chi connectivity index (χ1v) is 10.6. The molecule has 1 N–H and O–H groups in total. The van der Waals surface area contributed by atoms with Crippen LogP contribution in [-0.2, 0) is 4.79 Å². The van der Waals surface area contributed by atoms with E-state index in [9.17, 15) is 9.59 Å². The molecule has 1 aliphatic carbocycles. The Kier molecular flexibility index (Phi) is 4.43. The number of nitrogens with zero attached hydrogens (tertiary/aromatic N) is 4. The number of hydrogen-bond acceptors (Lipinski definition) is 5. The van der Waals surface area contributed by atoms with Crippen molar-refractivity contribution in [1.82, 2.24) is 19.7 Å². The molecule has 0 radical (unpaired) electrons. The number of carbonyl (C=O) groups excluding carboxylic acids is 2. The van der Waals surface area contributed by atoms with Crippen molar-refractivity contribution in [2.45, 2.75) is 19.3 Å². The third-order valence-corrected chi connectivity index (χ3v) is 6.86. The molecule has 7 nitrogen and oxygen atoms in total. The van der Waals surface area contributed by atoms with Gasteiger partial charge in [0.15, 0.2) is 0 Å². The molecule has 8 heteroatoms.